The lowest BCUT2D eigenvalue weighted by Crippen LogP contribution is -2.41. The summed E-state index contributed by atoms with van der Waals surface area (Å²) in [4.78, 5) is 24.1. The maximum absolute atomic E-state index is 11.6. The van der Waals surface area contributed by atoms with Crippen LogP contribution in [0.1, 0.15) is 32.0 Å². The van der Waals surface area contributed by atoms with Crippen molar-refractivity contribution < 1.29 is 4.79 Å². The zero-order valence-electron chi connectivity index (χ0n) is 15.8. The number of imidazole rings is 1. The van der Waals surface area contributed by atoms with Crippen LogP contribution in [0.4, 0.5) is 0 Å². The number of fused-ring (bicyclic) bond motifs is 1. The Bertz CT molecular complexity index is 722. The molecule has 0 atom stereocenters. The average Bonchev–Trinajstić information content (AvgIpc) is 3.41. The molecule has 4 N–H and O–H groups in total. The number of aromatic nitrogens is 2. The van der Waals surface area contributed by atoms with Crippen molar-refractivity contribution in [3.05, 3.63) is 30.1 Å². The van der Waals surface area contributed by atoms with Crippen LogP contribution >= 0.6 is 24.0 Å². The number of aryl methyl sites for hydroxylation is 1. The molecule has 148 valence electrons. The van der Waals surface area contributed by atoms with Crippen molar-refractivity contribution in [3.63, 3.8) is 0 Å². The molecule has 0 bridgehead atoms. The highest BCUT2D eigenvalue weighted by molar-refractivity contribution is 14.0. The largest absolute Gasteiger partial charge is 0.357 e. The van der Waals surface area contributed by atoms with E-state index in [1.165, 1.54) is 0 Å². The minimum absolute atomic E-state index is 0. The van der Waals surface area contributed by atoms with E-state index in [1.54, 1.807) is 0 Å². The van der Waals surface area contributed by atoms with E-state index in [9.17, 15) is 4.79 Å². The Morgan fingerprint density at radius 3 is 2.74 bits per heavy atom. The quantitative estimate of drug-likeness (QED) is 0.190. The molecule has 1 amide bonds. The van der Waals surface area contributed by atoms with Crippen molar-refractivity contribution in [2.24, 2.45) is 10.9 Å². The molecule has 1 fully saturated rings. The van der Waals surface area contributed by atoms with Crippen molar-refractivity contribution in [2.45, 2.75) is 32.6 Å². The molecule has 1 heterocycles. The molecule has 1 aliphatic carbocycles. The number of benzene rings is 1. The summed E-state index contributed by atoms with van der Waals surface area (Å²) in [5.41, 5.74) is 2.09. The van der Waals surface area contributed by atoms with Gasteiger partial charge in [-0.25, -0.2) is 4.98 Å². The topological polar surface area (TPSA) is 94.2 Å². The molecule has 1 aromatic heterocycles. The Balaban J connectivity index is 0.00000261. The van der Waals surface area contributed by atoms with Crippen molar-refractivity contribution in [3.8, 4) is 0 Å². The number of hydrogen-bond acceptors (Lipinski definition) is 3. The van der Waals surface area contributed by atoms with Gasteiger partial charge in [-0.3, -0.25) is 9.79 Å². The summed E-state index contributed by atoms with van der Waals surface area (Å²) >= 11 is 0. The first kappa shape index (κ1) is 21.5. The number of halogens is 1. The van der Waals surface area contributed by atoms with Gasteiger partial charge in [-0.15, -0.1) is 24.0 Å². The highest BCUT2D eigenvalue weighted by Crippen LogP contribution is 2.28. The number of aromatic amines is 1. The van der Waals surface area contributed by atoms with Gasteiger partial charge in [0.05, 0.1) is 11.0 Å². The molecule has 27 heavy (non-hydrogen) atoms. The van der Waals surface area contributed by atoms with Crippen LogP contribution in [0.2, 0.25) is 0 Å². The van der Waals surface area contributed by atoms with Gasteiger partial charge in [0.15, 0.2) is 5.96 Å². The number of para-hydroxylation sites is 2. The third kappa shape index (κ3) is 7.00. The van der Waals surface area contributed by atoms with Gasteiger partial charge >= 0.3 is 0 Å². The zero-order valence-corrected chi connectivity index (χ0v) is 18.1. The average molecular weight is 484 g/mol. The van der Waals surface area contributed by atoms with E-state index in [1.807, 2.05) is 31.2 Å². The predicted octanol–water partition coefficient (Wildman–Crippen LogP) is 2.19. The highest BCUT2D eigenvalue weighted by atomic mass is 127. The van der Waals surface area contributed by atoms with Crippen LogP contribution in [-0.4, -0.2) is 48.0 Å². The van der Waals surface area contributed by atoms with Crippen LogP contribution in [0.3, 0.4) is 0 Å². The second-order valence-corrected chi connectivity index (χ2v) is 6.56. The number of amides is 1. The van der Waals surface area contributed by atoms with Gasteiger partial charge in [-0.1, -0.05) is 12.1 Å². The predicted molar refractivity (Wildman–Crippen MR) is 120 cm³/mol. The molecule has 0 unspecified atom stereocenters. The number of carbonyl (C=O) groups is 1. The lowest BCUT2D eigenvalue weighted by molar-refractivity contribution is -0.122. The number of carbonyl (C=O) groups excluding carboxylic acids is 1. The van der Waals surface area contributed by atoms with Crippen molar-refractivity contribution >= 4 is 46.9 Å². The van der Waals surface area contributed by atoms with Gasteiger partial charge in [0.25, 0.3) is 0 Å². The first-order valence-electron chi connectivity index (χ1n) is 9.50. The molecule has 1 saturated carbocycles. The molecule has 1 aromatic carbocycles. The van der Waals surface area contributed by atoms with E-state index in [2.05, 4.69) is 30.9 Å². The van der Waals surface area contributed by atoms with E-state index >= 15 is 0 Å². The third-order valence-electron chi connectivity index (χ3n) is 4.29. The Labute approximate surface area is 177 Å². The van der Waals surface area contributed by atoms with Gasteiger partial charge in [-0.05, 0) is 38.3 Å². The van der Waals surface area contributed by atoms with Crippen LogP contribution < -0.4 is 16.0 Å². The van der Waals surface area contributed by atoms with Crippen molar-refractivity contribution in [1.29, 1.82) is 0 Å². The number of nitrogens with zero attached hydrogens (tertiary/aromatic N) is 2. The summed E-state index contributed by atoms with van der Waals surface area (Å²) in [6.45, 7) is 4.87. The summed E-state index contributed by atoms with van der Waals surface area (Å²) in [6.07, 6.45) is 3.87. The molecule has 0 aliphatic heterocycles. The molecule has 2 aromatic rings. The lowest BCUT2D eigenvalue weighted by Gasteiger charge is -2.11. The van der Waals surface area contributed by atoms with Crippen LogP contribution in [0.25, 0.3) is 11.0 Å². The fraction of sp³-hybridized carbons (Fsp3) is 0.526. The minimum atomic E-state index is 0. The summed E-state index contributed by atoms with van der Waals surface area (Å²) in [5, 5.41) is 9.43. The first-order chi connectivity index (χ1) is 12.8. The number of aliphatic imine (C=N–C) groups is 1. The molecule has 0 radical (unpaired) electrons. The summed E-state index contributed by atoms with van der Waals surface area (Å²) < 4.78 is 0. The molecule has 8 heteroatoms. The Morgan fingerprint density at radius 1 is 1.22 bits per heavy atom. The minimum Gasteiger partial charge on any atom is -0.357 e. The fourth-order valence-electron chi connectivity index (χ4n) is 2.76. The van der Waals surface area contributed by atoms with Gasteiger partial charge in [0.1, 0.15) is 5.82 Å². The van der Waals surface area contributed by atoms with Crippen molar-refractivity contribution in [1.82, 2.24) is 25.9 Å². The Kier molecular flexibility index (Phi) is 8.83. The van der Waals surface area contributed by atoms with Crippen LogP contribution in [0.15, 0.2) is 29.3 Å². The molecule has 7 nitrogen and oxygen atoms in total. The summed E-state index contributed by atoms with van der Waals surface area (Å²) in [7, 11) is 0. The van der Waals surface area contributed by atoms with Gasteiger partial charge in [0.2, 0.25) is 5.91 Å². The smallest absolute Gasteiger partial charge is 0.223 e. The third-order valence-corrected chi connectivity index (χ3v) is 4.29. The SMILES string of the molecule is CCNC(=NCCCc1nc2ccccc2[nH]1)NCCNC(=O)C1CC1.I. The number of hydrogen-bond donors (Lipinski definition) is 4. The molecule has 0 spiro atoms. The molecule has 0 saturated heterocycles. The van der Waals surface area contributed by atoms with Gasteiger partial charge in [-0.2, -0.15) is 0 Å². The highest BCUT2D eigenvalue weighted by Gasteiger charge is 2.28. The maximum atomic E-state index is 11.6. The van der Waals surface area contributed by atoms with E-state index in [0.29, 0.717) is 13.1 Å². The maximum Gasteiger partial charge on any atom is 0.223 e. The van der Waals surface area contributed by atoms with Gasteiger partial charge in [0, 0.05) is 38.5 Å². The fourth-order valence-corrected chi connectivity index (χ4v) is 2.76. The van der Waals surface area contributed by atoms with Crippen LogP contribution in [0.5, 0.6) is 0 Å². The van der Waals surface area contributed by atoms with Gasteiger partial charge < -0.3 is 20.9 Å². The zero-order chi connectivity index (χ0) is 18.2. The second-order valence-electron chi connectivity index (χ2n) is 6.56. The van der Waals surface area contributed by atoms with Crippen LogP contribution in [0, 0.1) is 5.92 Å². The van der Waals surface area contributed by atoms with Crippen LogP contribution in [-0.2, 0) is 11.2 Å². The standard InChI is InChI=1S/C19H28N6O.HI/c1-2-20-19(23-13-12-21-18(26)14-9-10-14)22-11-5-8-17-24-15-6-3-4-7-16(15)25-17;/h3-4,6-7,14H,2,5,8-13H2,1H3,(H,21,26)(H,24,25)(H2,20,22,23);1H. The second kappa shape index (κ2) is 11.1. The van der Waals surface area contributed by atoms with E-state index in [0.717, 1.165) is 61.6 Å². The molecule has 1 aliphatic rings. The van der Waals surface area contributed by atoms with E-state index < -0.39 is 0 Å². The number of guanidine groups is 1. The summed E-state index contributed by atoms with van der Waals surface area (Å²) in [5.74, 6) is 2.23. The lowest BCUT2D eigenvalue weighted by atomic mass is 10.3. The number of nitrogens with one attached hydrogen (secondary N) is 4. The number of rotatable bonds is 9. The number of H-pyrrole nitrogens is 1. The molecular formula is C19H29IN6O. The summed E-state index contributed by atoms with van der Waals surface area (Å²) in [6, 6.07) is 8.07. The first-order valence-corrected chi connectivity index (χ1v) is 9.50. The normalized spacial score (nSPS) is 13.9. The Hall–Kier alpha value is -1.84. The Morgan fingerprint density at radius 2 is 2.00 bits per heavy atom. The van der Waals surface area contributed by atoms with E-state index in [-0.39, 0.29) is 35.8 Å². The van der Waals surface area contributed by atoms with Crippen molar-refractivity contribution in [2.75, 3.05) is 26.2 Å². The molecular weight excluding hydrogens is 455 g/mol. The van der Waals surface area contributed by atoms with E-state index in [4.69, 9.17) is 0 Å². The monoisotopic (exact) mass is 484 g/mol. The molecule has 3 rings (SSSR count).